The molecule has 0 saturated heterocycles. The summed E-state index contributed by atoms with van der Waals surface area (Å²) in [6.07, 6.45) is 4.80. The Labute approximate surface area is 162 Å². The fourth-order valence-electron chi connectivity index (χ4n) is 2.45. The van der Waals surface area contributed by atoms with Crippen molar-refractivity contribution in [3.63, 3.8) is 0 Å². The molecule has 0 saturated carbocycles. The molecular formula is C20H22N4O2S. The van der Waals surface area contributed by atoms with Crippen molar-refractivity contribution in [2.45, 2.75) is 38.8 Å². The van der Waals surface area contributed by atoms with Crippen LogP contribution in [0.25, 0.3) is 10.8 Å². The normalized spacial score (nSPS) is 11.4. The van der Waals surface area contributed by atoms with E-state index in [0.29, 0.717) is 24.4 Å². The van der Waals surface area contributed by atoms with E-state index < -0.39 is 5.60 Å². The van der Waals surface area contributed by atoms with Crippen LogP contribution in [0.15, 0.2) is 48.1 Å². The van der Waals surface area contributed by atoms with E-state index in [0.717, 1.165) is 22.7 Å². The molecule has 3 rings (SSSR count). The molecule has 1 aromatic carbocycles. The molecule has 0 atom stereocenters. The van der Waals surface area contributed by atoms with Crippen molar-refractivity contribution in [1.29, 1.82) is 0 Å². The topological polar surface area (TPSA) is 88.0 Å². The van der Waals surface area contributed by atoms with Gasteiger partial charge in [-0.15, -0.1) is 11.3 Å². The molecule has 27 heavy (non-hydrogen) atoms. The zero-order valence-corrected chi connectivity index (χ0v) is 16.2. The molecule has 6 nitrogen and oxygen atoms in total. The van der Waals surface area contributed by atoms with Gasteiger partial charge in [0.1, 0.15) is 0 Å². The SMILES string of the molecule is CC(C)(O)CCc1ccc(C(=O)NCc2csc(-c3ncccn3)n2)cc1. The first-order chi connectivity index (χ1) is 12.9. The Hall–Kier alpha value is -2.64. The van der Waals surface area contributed by atoms with Gasteiger partial charge in [-0.1, -0.05) is 12.1 Å². The zero-order chi connectivity index (χ0) is 19.3. The number of carbonyl (C=O) groups is 1. The summed E-state index contributed by atoms with van der Waals surface area (Å²) in [5.74, 6) is 0.441. The van der Waals surface area contributed by atoms with Gasteiger partial charge in [0.25, 0.3) is 5.91 Å². The molecule has 0 unspecified atom stereocenters. The van der Waals surface area contributed by atoms with Crippen LogP contribution >= 0.6 is 11.3 Å². The number of nitrogens with zero attached hydrogens (tertiary/aromatic N) is 3. The number of rotatable bonds is 7. The number of aromatic nitrogens is 3. The van der Waals surface area contributed by atoms with Crippen molar-refractivity contribution >= 4 is 17.2 Å². The highest BCUT2D eigenvalue weighted by Crippen LogP contribution is 2.19. The maximum Gasteiger partial charge on any atom is 0.251 e. The van der Waals surface area contributed by atoms with Crippen LogP contribution in [-0.2, 0) is 13.0 Å². The second kappa shape index (κ2) is 8.37. The molecule has 140 valence electrons. The van der Waals surface area contributed by atoms with E-state index in [1.165, 1.54) is 11.3 Å². The first-order valence-corrected chi connectivity index (χ1v) is 9.60. The Kier molecular flexibility index (Phi) is 5.93. The molecule has 7 heteroatoms. The standard InChI is InChI=1S/C20H22N4O2S/c1-20(2,26)9-8-14-4-6-15(7-5-14)18(25)23-12-16-13-27-19(24-16)17-21-10-3-11-22-17/h3-7,10-11,13,26H,8-9,12H2,1-2H3,(H,23,25). The summed E-state index contributed by atoms with van der Waals surface area (Å²) in [5, 5.41) is 15.3. The third-order valence-corrected chi connectivity index (χ3v) is 4.87. The molecule has 0 radical (unpaired) electrons. The molecule has 0 spiro atoms. The summed E-state index contributed by atoms with van der Waals surface area (Å²) in [6, 6.07) is 9.22. The number of thiazole rings is 1. The third-order valence-electron chi connectivity index (χ3n) is 3.98. The molecule has 1 amide bonds. The van der Waals surface area contributed by atoms with Gasteiger partial charge in [0.15, 0.2) is 10.8 Å². The first-order valence-electron chi connectivity index (χ1n) is 8.72. The van der Waals surface area contributed by atoms with Gasteiger partial charge in [-0.3, -0.25) is 4.79 Å². The number of carbonyl (C=O) groups excluding carboxylic acids is 1. The van der Waals surface area contributed by atoms with E-state index in [-0.39, 0.29) is 5.91 Å². The average Bonchev–Trinajstić information content (AvgIpc) is 3.14. The van der Waals surface area contributed by atoms with Crippen LogP contribution < -0.4 is 5.32 Å². The van der Waals surface area contributed by atoms with E-state index in [9.17, 15) is 9.90 Å². The lowest BCUT2D eigenvalue weighted by atomic mass is 9.98. The van der Waals surface area contributed by atoms with Crippen LogP contribution in [-0.4, -0.2) is 31.6 Å². The van der Waals surface area contributed by atoms with Gasteiger partial charge in [0, 0.05) is 23.3 Å². The number of aliphatic hydroxyl groups is 1. The lowest BCUT2D eigenvalue weighted by Gasteiger charge is -2.16. The van der Waals surface area contributed by atoms with E-state index in [1.807, 2.05) is 17.5 Å². The summed E-state index contributed by atoms with van der Waals surface area (Å²) in [5.41, 5.74) is 1.79. The van der Waals surface area contributed by atoms with Gasteiger partial charge >= 0.3 is 0 Å². The minimum absolute atomic E-state index is 0.144. The van der Waals surface area contributed by atoms with Gasteiger partial charge in [-0.25, -0.2) is 15.0 Å². The van der Waals surface area contributed by atoms with Gasteiger partial charge in [0.05, 0.1) is 17.8 Å². The Morgan fingerprint density at radius 3 is 2.56 bits per heavy atom. The quantitative estimate of drug-likeness (QED) is 0.655. The monoisotopic (exact) mass is 382 g/mol. The van der Waals surface area contributed by atoms with Crippen molar-refractivity contribution in [2.24, 2.45) is 0 Å². The highest BCUT2D eigenvalue weighted by molar-refractivity contribution is 7.13. The van der Waals surface area contributed by atoms with Crippen molar-refractivity contribution < 1.29 is 9.90 Å². The van der Waals surface area contributed by atoms with Crippen molar-refractivity contribution in [2.75, 3.05) is 0 Å². The number of aryl methyl sites for hydroxylation is 1. The van der Waals surface area contributed by atoms with Crippen molar-refractivity contribution in [3.8, 4) is 10.8 Å². The summed E-state index contributed by atoms with van der Waals surface area (Å²) >= 11 is 1.45. The van der Waals surface area contributed by atoms with Gasteiger partial charge in [-0.05, 0) is 50.5 Å². The smallest absolute Gasteiger partial charge is 0.251 e. The molecule has 3 aromatic rings. The minimum Gasteiger partial charge on any atom is -0.390 e. The molecule has 0 fully saturated rings. The maximum absolute atomic E-state index is 12.3. The molecular weight excluding hydrogens is 360 g/mol. The second-order valence-corrected chi connectivity index (χ2v) is 7.77. The fraction of sp³-hybridized carbons (Fsp3) is 0.300. The van der Waals surface area contributed by atoms with E-state index in [4.69, 9.17) is 0 Å². The Morgan fingerprint density at radius 1 is 1.19 bits per heavy atom. The molecule has 0 aliphatic carbocycles. The molecule has 0 bridgehead atoms. The van der Waals surface area contributed by atoms with Crippen LogP contribution in [0.3, 0.4) is 0 Å². The lowest BCUT2D eigenvalue weighted by Crippen LogP contribution is -2.23. The van der Waals surface area contributed by atoms with Gasteiger partial charge in [-0.2, -0.15) is 0 Å². The summed E-state index contributed by atoms with van der Waals surface area (Å²) in [6.45, 7) is 3.94. The Bertz CT molecular complexity index is 886. The van der Waals surface area contributed by atoms with Crippen molar-refractivity contribution in [1.82, 2.24) is 20.3 Å². The van der Waals surface area contributed by atoms with Gasteiger partial charge < -0.3 is 10.4 Å². The Balaban J connectivity index is 1.54. The Morgan fingerprint density at radius 2 is 1.89 bits per heavy atom. The highest BCUT2D eigenvalue weighted by Gasteiger charge is 2.13. The molecule has 0 aliphatic rings. The molecule has 2 aromatic heterocycles. The van der Waals surface area contributed by atoms with E-state index >= 15 is 0 Å². The minimum atomic E-state index is -0.687. The summed E-state index contributed by atoms with van der Waals surface area (Å²) in [4.78, 5) is 25.1. The van der Waals surface area contributed by atoms with Crippen LogP contribution in [0.2, 0.25) is 0 Å². The number of hydrogen-bond acceptors (Lipinski definition) is 6. The molecule has 2 heterocycles. The third kappa shape index (κ3) is 5.67. The predicted molar refractivity (Wildman–Crippen MR) is 105 cm³/mol. The van der Waals surface area contributed by atoms with Crippen LogP contribution in [0.1, 0.15) is 41.9 Å². The van der Waals surface area contributed by atoms with E-state index in [1.54, 1.807) is 44.4 Å². The lowest BCUT2D eigenvalue weighted by molar-refractivity contribution is 0.0713. The summed E-state index contributed by atoms with van der Waals surface area (Å²) in [7, 11) is 0. The number of nitrogens with one attached hydrogen (secondary N) is 1. The highest BCUT2D eigenvalue weighted by atomic mass is 32.1. The predicted octanol–water partition coefficient (Wildman–Crippen LogP) is 3.23. The second-order valence-electron chi connectivity index (χ2n) is 6.91. The zero-order valence-electron chi connectivity index (χ0n) is 15.3. The summed E-state index contributed by atoms with van der Waals surface area (Å²) < 4.78 is 0. The van der Waals surface area contributed by atoms with Crippen LogP contribution in [0.5, 0.6) is 0 Å². The largest absolute Gasteiger partial charge is 0.390 e. The maximum atomic E-state index is 12.3. The number of hydrogen-bond donors (Lipinski definition) is 2. The van der Waals surface area contributed by atoms with Crippen LogP contribution in [0, 0.1) is 0 Å². The molecule has 2 N–H and O–H groups in total. The molecule has 0 aliphatic heterocycles. The average molecular weight is 382 g/mol. The van der Waals surface area contributed by atoms with Crippen LogP contribution in [0.4, 0.5) is 0 Å². The number of amides is 1. The van der Waals surface area contributed by atoms with Crippen molar-refractivity contribution in [3.05, 3.63) is 64.9 Å². The first kappa shape index (κ1) is 19.1. The van der Waals surface area contributed by atoms with E-state index in [2.05, 4.69) is 20.3 Å². The van der Waals surface area contributed by atoms with Gasteiger partial charge in [0.2, 0.25) is 0 Å². The number of benzene rings is 1. The fourth-order valence-corrected chi connectivity index (χ4v) is 3.21.